The molecule has 1 aromatic heterocycles. The Kier molecular flexibility index (Phi) is 10.4. The summed E-state index contributed by atoms with van der Waals surface area (Å²) in [5.41, 5.74) is 3.69. The van der Waals surface area contributed by atoms with Crippen LogP contribution >= 0.6 is 34.4 Å². The number of amides is 2. The first-order chi connectivity index (χ1) is 17.7. The highest BCUT2D eigenvalue weighted by Crippen LogP contribution is 2.28. The molecule has 0 bridgehead atoms. The van der Waals surface area contributed by atoms with Crippen LogP contribution in [0, 0.1) is 17.4 Å². The number of nitrogens with one attached hydrogen (secondary N) is 2. The van der Waals surface area contributed by atoms with Gasteiger partial charge in [0.25, 0.3) is 0 Å². The summed E-state index contributed by atoms with van der Waals surface area (Å²) < 4.78 is 13.5. The van der Waals surface area contributed by atoms with Gasteiger partial charge in [-0.3, -0.25) is 9.59 Å². The molecule has 9 nitrogen and oxygen atoms in total. The molecule has 11 heteroatoms. The molecule has 1 heterocycles. The number of anilines is 1. The van der Waals surface area contributed by atoms with Crippen LogP contribution in [-0.2, 0) is 22.7 Å². The van der Waals surface area contributed by atoms with E-state index in [-0.39, 0.29) is 24.1 Å². The van der Waals surface area contributed by atoms with Crippen molar-refractivity contribution in [3.8, 4) is 11.5 Å². The van der Waals surface area contributed by atoms with Gasteiger partial charge < -0.3 is 24.7 Å². The number of ether oxygens (including phenoxy) is 2. The monoisotopic (exact) mass is 635 g/mol. The number of hydrogen-bond acceptors (Lipinski definition) is 7. The van der Waals surface area contributed by atoms with E-state index in [1.54, 1.807) is 32.4 Å². The maximum absolute atomic E-state index is 12.6. The minimum atomic E-state index is -0.266. The molecule has 0 saturated carbocycles. The smallest absolute Gasteiger partial charge is 0.244 e. The molecule has 2 N–H and O–H groups in total. The third kappa shape index (κ3) is 7.71. The van der Waals surface area contributed by atoms with Crippen LogP contribution in [0.2, 0.25) is 0 Å². The van der Waals surface area contributed by atoms with Crippen LogP contribution in [0.4, 0.5) is 5.69 Å². The van der Waals surface area contributed by atoms with Gasteiger partial charge in [0.2, 0.25) is 11.8 Å². The molecular weight excluding hydrogens is 605 g/mol. The van der Waals surface area contributed by atoms with E-state index in [0.29, 0.717) is 29.0 Å². The Labute approximate surface area is 234 Å². The Morgan fingerprint density at radius 2 is 1.78 bits per heavy atom. The molecule has 0 atom stereocenters. The largest absolute Gasteiger partial charge is 0.493 e. The molecule has 0 fully saturated rings. The van der Waals surface area contributed by atoms with Crippen LogP contribution < -0.4 is 20.1 Å². The molecule has 3 aromatic rings. The molecule has 0 aliphatic heterocycles. The van der Waals surface area contributed by atoms with Crippen molar-refractivity contribution in [2.75, 3.05) is 25.3 Å². The van der Waals surface area contributed by atoms with E-state index in [9.17, 15) is 9.59 Å². The Hall–Kier alpha value is -3.06. The minimum absolute atomic E-state index is 0.113. The molecule has 3 rings (SSSR count). The van der Waals surface area contributed by atoms with E-state index in [2.05, 4.69) is 43.4 Å². The van der Waals surface area contributed by atoms with Gasteiger partial charge in [-0.25, -0.2) is 0 Å². The predicted octanol–water partition coefficient (Wildman–Crippen LogP) is 4.60. The standard InChI is InChI=1S/C26H30IN5O4S/c1-6-32-22(14-28-23(33)10-8-18-7-9-20(35-4)21(13-18)36-5)30-31-26(32)37-15-24(34)29-25-16(2)11-19(27)12-17(25)3/h7-13H,6,14-15H2,1-5H3,(H,28,33)(H,29,34). The molecule has 2 aromatic carbocycles. The second-order valence-corrected chi connectivity index (χ2v) is 10.2. The molecule has 0 saturated heterocycles. The Balaban J connectivity index is 1.56. The summed E-state index contributed by atoms with van der Waals surface area (Å²) >= 11 is 3.57. The van der Waals surface area contributed by atoms with Gasteiger partial charge in [-0.2, -0.15) is 0 Å². The van der Waals surface area contributed by atoms with Gasteiger partial charge in [0, 0.05) is 21.9 Å². The van der Waals surface area contributed by atoms with Crippen molar-refractivity contribution in [2.24, 2.45) is 0 Å². The highest BCUT2D eigenvalue weighted by Gasteiger charge is 2.15. The number of nitrogens with zero attached hydrogens (tertiary/aromatic N) is 3. The second-order valence-electron chi connectivity index (χ2n) is 8.06. The summed E-state index contributed by atoms with van der Waals surface area (Å²) in [6, 6.07) is 9.47. The molecule has 0 radical (unpaired) electrons. The lowest BCUT2D eigenvalue weighted by atomic mass is 10.1. The normalized spacial score (nSPS) is 11.0. The Morgan fingerprint density at radius 3 is 2.43 bits per heavy atom. The number of halogens is 1. The zero-order chi connectivity index (χ0) is 26.9. The van der Waals surface area contributed by atoms with Crippen molar-refractivity contribution in [3.05, 3.63) is 62.5 Å². The van der Waals surface area contributed by atoms with Crippen LogP contribution in [-0.4, -0.2) is 46.6 Å². The minimum Gasteiger partial charge on any atom is -0.493 e. The van der Waals surface area contributed by atoms with Crippen LogP contribution in [0.15, 0.2) is 41.6 Å². The summed E-state index contributed by atoms with van der Waals surface area (Å²) in [6.07, 6.45) is 3.14. The fourth-order valence-corrected chi connectivity index (χ4v) is 5.40. The average Bonchev–Trinajstić information content (AvgIpc) is 3.28. The first kappa shape index (κ1) is 28.5. The number of aromatic nitrogens is 3. The van der Waals surface area contributed by atoms with Gasteiger partial charge in [0.1, 0.15) is 0 Å². The van der Waals surface area contributed by atoms with Crippen LogP contribution in [0.5, 0.6) is 11.5 Å². The molecule has 2 amide bonds. The lowest BCUT2D eigenvalue weighted by Crippen LogP contribution is -2.22. The van der Waals surface area contributed by atoms with Gasteiger partial charge in [0.05, 0.1) is 26.5 Å². The van der Waals surface area contributed by atoms with E-state index in [1.165, 1.54) is 17.8 Å². The highest BCUT2D eigenvalue weighted by atomic mass is 127. The number of methoxy groups -OCH3 is 2. The number of hydrogen-bond donors (Lipinski definition) is 2. The fraction of sp³-hybridized carbons (Fsp3) is 0.308. The zero-order valence-corrected chi connectivity index (χ0v) is 24.4. The van der Waals surface area contributed by atoms with Gasteiger partial charge in [-0.1, -0.05) is 17.8 Å². The Bertz CT molecular complexity index is 1290. The molecule has 0 spiro atoms. The van der Waals surface area contributed by atoms with Gasteiger partial charge >= 0.3 is 0 Å². The summed E-state index contributed by atoms with van der Waals surface area (Å²) in [7, 11) is 3.13. The van der Waals surface area contributed by atoms with Gasteiger partial charge in [0.15, 0.2) is 22.5 Å². The quantitative estimate of drug-likeness (QED) is 0.180. The van der Waals surface area contributed by atoms with Crippen LogP contribution in [0.1, 0.15) is 29.4 Å². The van der Waals surface area contributed by atoms with Crippen molar-refractivity contribution in [3.63, 3.8) is 0 Å². The first-order valence-corrected chi connectivity index (χ1v) is 13.6. The third-order valence-electron chi connectivity index (χ3n) is 5.46. The molecule has 0 unspecified atom stereocenters. The average molecular weight is 636 g/mol. The number of carbonyl (C=O) groups excluding carboxylic acids is 2. The SMILES string of the molecule is CCn1c(CNC(=O)C=Cc2ccc(OC)c(OC)c2)nnc1SCC(=O)Nc1c(C)cc(I)cc1C. The highest BCUT2D eigenvalue weighted by molar-refractivity contribution is 14.1. The lowest BCUT2D eigenvalue weighted by Gasteiger charge is -2.12. The first-order valence-electron chi connectivity index (χ1n) is 11.5. The summed E-state index contributed by atoms with van der Waals surface area (Å²) in [4.78, 5) is 25.0. The van der Waals surface area contributed by atoms with E-state index in [1.807, 2.05) is 43.5 Å². The summed E-state index contributed by atoms with van der Waals surface area (Å²) in [5, 5.41) is 14.9. The molecule has 196 valence electrons. The summed E-state index contributed by atoms with van der Waals surface area (Å²) in [6.45, 7) is 6.75. The Morgan fingerprint density at radius 1 is 1.08 bits per heavy atom. The maximum Gasteiger partial charge on any atom is 0.244 e. The summed E-state index contributed by atoms with van der Waals surface area (Å²) in [5.74, 6) is 1.64. The van der Waals surface area contributed by atoms with Gasteiger partial charge in [-0.15, -0.1) is 10.2 Å². The molecule has 0 aliphatic carbocycles. The van der Waals surface area contributed by atoms with Crippen LogP contribution in [0.3, 0.4) is 0 Å². The second kappa shape index (κ2) is 13.5. The predicted molar refractivity (Wildman–Crippen MR) is 154 cm³/mol. The number of benzene rings is 2. The van der Waals surface area contributed by atoms with Crippen molar-refractivity contribution in [1.82, 2.24) is 20.1 Å². The van der Waals surface area contributed by atoms with Crippen molar-refractivity contribution in [1.29, 1.82) is 0 Å². The third-order valence-corrected chi connectivity index (χ3v) is 7.05. The van der Waals surface area contributed by atoms with Crippen molar-refractivity contribution in [2.45, 2.75) is 39.0 Å². The lowest BCUT2D eigenvalue weighted by molar-refractivity contribution is -0.116. The number of carbonyl (C=O) groups is 2. The van der Waals surface area contributed by atoms with Crippen molar-refractivity contribution < 1.29 is 19.1 Å². The maximum atomic E-state index is 12.6. The van der Waals surface area contributed by atoms with Gasteiger partial charge in [-0.05, 0) is 90.4 Å². The van der Waals surface area contributed by atoms with Crippen LogP contribution in [0.25, 0.3) is 6.08 Å². The van der Waals surface area contributed by atoms with E-state index in [0.717, 1.165) is 25.9 Å². The topological polar surface area (TPSA) is 107 Å². The number of aryl methyl sites for hydroxylation is 2. The molecule has 0 aliphatic rings. The fourth-order valence-electron chi connectivity index (χ4n) is 3.64. The van der Waals surface area contributed by atoms with E-state index < -0.39 is 0 Å². The number of rotatable bonds is 11. The molecular formula is C26H30IN5O4S. The molecule has 37 heavy (non-hydrogen) atoms. The van der Waals surface area contributed by atoms with Crippen molar-refractivity contribution >= 4 is 57.9 Å². The van der Waals surface area contributed by atoms with E-state index in [4.69, 9.17) is 9.47 Å². The van der Waals surface area contributed by atoms with E-state index >= 15 is 0 Å². The zero-order valence-electron chi connectivity index (χ0n) is 21.4. The number of thioether (sulfide) groups is 1.